The molecule has 0 bridgehead atoms. The van der Waals surface area contributed by atoms with Gasteiger partial charge in [0.05, 0.1) is 25.9 Å². The van der Waals surface area contributed by atoms with Crippen LogP contribution >= 0.6 is 15.9 Å². The Morgan fingerprint density at radius 2 is 1.74 bits per heavy atom. The summed E-state index contributed by atoms with van der Waals surface area (Å²) in [6, 6.07) is 9.11. The Hall–Kier alpha value is -2.54. The fourth-order valence-corrected chi connectivity index (χ4v) is 2.33. The second-order valence-corrected chi connectivity index (χ2v) is 5.42. The number of benzene rings is 2. The molecule has 0 radical (unpaired) electrons. The average Bonchev–Trinajstić information content (AvgIpc) is 2.55. The van der Waals surface area contributed by atoms with Gasteiger partial charge in [0.1, 0.15) is 0 Å². The van der Waals surface area contributed by atoms with Gasteiger partial charge in [0.15, 0.2) is 11.5 Å². The van der Waals surface area contributed by atoms with Gasteiger partial charge in [-0.25, -0.2) is 0 Å². The number of rotatable bonds is 5. The quantitative estimate of drug-likeness (QED) is 0.860. The van der Waals surface area contributed by atoms with Crippen molar-refractivity contribution < 1.29 is 24.2 Å². The third-order valence-corrected chi connectivity index (χ3v) is 3.59. The summed E-state index contributed by atoms with van der Waals surface area (Å²) in [5.74, 6) is -0.969. The van der Waals surface area contributed by atoms with E-state index in [2.05, 4.69) is 21.2 Å². The van der Waals surface area contributed by atoms with Crippen LogP contribution in [0, 0.1) is 0 Å². The third-order valence-electron chi connectivity index (χ3n) is 3.10. The summed E-state index contributed by atoms with van der Waals surface area (Å²) >= 11 is 3.18. The number of halogens is 1. The molecule has 1 amide bonds. The minimum Gasteiger partial charge on any atom is -0.545 e. The van der Waals surface area contributed by atoms with Gasteiger partial charge in [0.2, 0.25) is 0 Å². The third kappa shape index (κ3) is 3.81. The first-order valence-electron chi connectivity index (χ1n) is 6.50. The largest absolute Gasteiger partial charge is 0.545 e. The van der Waals surface area contributed by atoms with Crippen LogP contribution in [0.3, 0.4) is 0 Å². The maximum Gasteiger partial charge on any atom is 0.255 e. The molecule has 0 heterocycles. The first kappa shape index (κ1) is 16.8. The van der Waals surface area contributed by atoms with Crippen molar-refractivity contribution in [1.82, 2.24) is 0 Å². The summed E-state index contributed by atoms with van der Waals surface area (Å²) in [4.78, 5) is 23.5. The van der Waals surface area contributed by atoms with E-state index in [1.165, 1.54) is 32.4 Å². The Morgan fingerprint density at radius 1 is 1.04 bits per heavy atom. The van der Waals surface area contributed by atoms with Crippen molar-refractivity contribution in [2.75, 3.05) is 19.5 Å². The molecule has 2 rings (SSSR count). The number of methoxy groups -OCH3 is 2. The Balaban J connectivity index is 2.31. The number of carbonyl (C=O) groups is 2. The Morgan fingerprint density at radius 3 is 2.35 bits per heavy atom. The van der Waals surface area contributed by atoms with Crippen molar-refractivity contribution in [2.45, 2.75) is 0 Å². The highest BCUT2D eigenvalue weighted by Gasteiger charge is 2.13. The molecule has 0 aliphatic carbocycles. The van der Waals surface area contributed by atoms with Gasteiger partial charge in [0, 0.05) is 15.6 Å². The first-order chi connectivity index (χ1) is 11.0. The Labute approximate surface area is 141 Å². The zero-order valence-electron chi connectivity index (χ0n) is 12.4. The van der Waals surface area contributed by atoms with E-state index in [9.17, 15) is 14.7 Å². The maximum absolute atomic E-state index is 12.3. The summed E-state index contributed by atoms with van der Waals surface area (Å²) in [6.07, 6.45) is 0. The van der Waals surface area contributed by atoms with Crippen molar-refractivity contribution in [3.05, 3.63) is 52.0 Å². The lowest BCUT2D eigenvalue weighted by molar-refractivity contribution is -0.254. The van der Waals surface area contributed by atoms with Gasteiger partial charge >= 0.3 is 0 Å². The molecule has 0 aromatic heterocycles. The number of amides is 1. The average molecular weight is 379 g/mol. The second-order valence-electron chi connectivity index (χ2n) is 4.50. The Bertz CT molecular complexity index is 760. The number of ether oxygens (including phenoxy) is 2. The summed E-state index contributed by atoms with van der Waals surface area (Å²) in [7, 11) is 2.95. The highest BCUT2D eigenvalue weighted by Crippen LogP contribution is 2.28. The molecule has 0 aliphatic rings. The van der Waals surface area contributed by atoms with Gasteiger partial charge in [-0.2, -0.15) is 0 Å². The summed E-state index contributed by atoms with van der Waals surface area (Å²) < 4.78 is 10.8. The molecular weight excluding hydrogens is 366 g/mol. The minimum atomic E-state index is -1.38. The van der Waals surface area contributed by atoms with Gasteiger partial charge in [-0.3, -0.25) is 4.79 Å². The number of carboxylic acids is 1. The van der Waals surface area contributed by atoms with E-state index in [1.807, 2.05) is 0 Å². The van der Waals surface area contributed by atoms with Crippen LogP contribution in [0.15, 0.2) is 40.9 Å². The minimum absolute atomic E-state index is 0.117. The number of anilines is 1. The number of aromatic carboxylic acids is 1. The van der Waals surface area contributed by atoms with Crippen LogP contribution in [0.1, 0.15) is 20.7 Å². The molecule has 0 saturated heterocycles. The van der Waals surface area contributed by atoms with Gasteiger partial charge in [-0.1, -0.05) is 15.9 Å². The van der Waals surface area contributed by atoms with Crippen LogP contribution in [-0.4, -0.2) is 26.1 Å². The van der Waals surface area contributed by atoms with Crippen LogP contribution in [-0.2, 0) is 0 Å². The zero-order chi connectivity index (χ0) is 17.0. The van der Waals surface area contributed by atoms with Crippen molar-refractivity contribution in [2.24, 2.45) is 0 Å². The fraction of sp³-hybridized carbons (Fsp3) is 0.125. The number of hydrogen-bond acceptors (Lipinski definition) is 5. The predicted molar refractivity (Wildman–Crippen MR) is 86.0 cm³/mol. The van der Waals surface area contributed by atoms with Crippen molar-refractivity contribution in [3.8, 4) is 11.5 Å². The van der Waals surface area contributed by atoms with E-state index in [0.717, 1.165) is 0 Å². The second kappa shape index (κ2) is 7.15. The van der Waals surface area contributed by atoms with E-state index < -0.39 is 11.9 Å². The number of carbonyl (C=O) groups excluding carboxylic acids is 2. The molecular formula is C16H13BrNO5-. The molecule has 1 N–H and O–H groups in total. The van der Waals surface area contributed by atoms with Gasteiger partial charge in [0.25, 0.3) is 5.91 Å². The molecule has 0 spiro atoms. The van der Waals surface area contributed by atoms with E-state index in [4.69, 9.17) is 9.47 Å². The van der Waals surface area contributed by atoms with Crippen LogP contribution in [0.25, 0.3) is 0 Å². The SMILES string of the molecule is COc1ccc(C(=O)Nc2ccc(Br)cc2C(=O)[O-])cc1OC. The number of hydrogen-bond donors (Lipinski definition) is 1. The lowest BCUT2D eigenvalue weighted by atomic mass is 10.1. The van der Waals surface area contributed by atoms with E-state index in [-0.39, 0.29) is 11.3 Å². The van der Waals surface area contributed by atoms with Crippen LogP contribution < -0.4 is 19.9 Å². The fourth-order valence-electron chi connectivity index (χ4n) is 1.97. The van der Waals surface area contributed by atoms with Crippen LogP contribution in [0.4, 0.5) is 5.69 Å². The van der Waals surface area contributed by atoms with E-state index in [1.54, 1.807) is 18.2 Å². The topological polar surface area (TPSA) is 87.7 Å². The molecule has 6 nitrogen and oxygen atoms in total. The summed E-state index contributed by atoms with van der Waals surface area (Å²) in [6.45, 7) is 0. The normalized spacial score (nSPS) is 10.0. The number of nitrogens with one attached hydrogen (secondary N) is 1. The molecule has 2 aromatic carbocycles. The van der Waals surface area contributed by atoms with Gasteiger partial charge < -0.3 is 24.7 Å². The lowest BCUT2D eigenvalue weighted by Gasteiger charge is -2.13. The monoisotopic (exact) mass is 378 g/mol. The molecule has 7 heteroatoms. The van der Waals surface area contributed by atoms with Crippen LogP contribution in [0.2, 0.25) is 0 Å². The molecule has 0 atom stereocenters. The van der Waals surface area contributed by atoms with Gasteiger partial charge in [-0.15, -0.1) is 0 Å². The van der Waals surface area contributed by atoms with Crippen molar-refractivity contribution in [1.29, 1.82) is 0 Å². The van der Waals surface area contributed by atoms with Crippen molar-refractivity contribution in [3.63, 3.8) is 0 Å². The summed E-state index contributed by atoms with van der Waals surface area (Å²) in [5, 5.41) is 13.7. The molecule has 2 aromatic rings. The van der Waals surface area contributed by atoms with Crippen molar-refractivity contribution >= 4 is 33.5 Å². The highest BCUT2D eigenvalue weighted by atomic mass is 79.9. The highest BCUT2D eigenvalue weighted by molar-refractivity contribution is 9.10. The standard InChI is InChI=1S/C16H14BrNO5/c1-22-13-6-3-9(7-14(13)23-2)15(19)18-12-5-4-10(17)8-11(12)16(20)21/h3-8H,1-2H3,(H,18,19)(H,20,21)/p-1. The molecule has 0 aliphatic heterocycles. The smallest absolute Gasteiger partial charge is 0.255 e. The summed E-state index contributed by atoms with van der Waals surface area (Å²) in [5.41, 5.74) is 0.330. The van der Waals surface area contributed by atoms with Crippen LogP contribution in [0.5, 0.6) is 11.5 Å². The molecule has 0 saturated carbocycles. The molecule has 0 unspecified atom stereocenters. The first-order valence-corrected chi connectivity index (χ1v) is 7.30. The number of carboxylic acid groups (broad SMARTS) is 1. The zero-order valence-corrected chi connectivity index (χ0v) is 14.0. The van der Waals surface area contributed by atoms with E-state index in [0.29, 0.717) is 21.5 Å². The Kier molecular flexibility index (Phi) is 5.23. The van der Waals surface area contributed by atoms with E-state index >= 15 is 0 Å². The molecule has 120 valence electrons. The lowest BCUT2D eigenvalue weighted by Crippen LogP contribution is -2.25. The molecule has 23 heavy (non-hydrogen) atoms. The molecule has 0 fully saturated rings. The predicted octanol–water partition coefficient (Wildman–Crippen LogP) is 2.08. The van der Waals surface area contributed by atoms with Gasteiger partial charge in [-0.05, 0) is 36.4 Å². The maximum atomic E-state index is 12.3.